The second-order valence-electron chi connectivity index (χ2n) is 5.11. The Morgan fingerprint density at radius 3 is 2.39 bits per heavy atom. The molecule has 0 amide bonds. The highest BCUT2D eigenvalue weighted by atomic mass is 32.1. The minimum absolute atomic E-state index is 0.0521. The minimum atomic E-state index is -0.0521. The molecule has 0 fully saturated rings. The first-order valence-corrected chi connectivity index (χ1v) is 10.2. The largest absolute Gasteiger partial charge is 0.330 e. The maximum Gasteiger partial charge on any atom is 0.178 e. The number of aromatic nitrogens is 6. The van der Waals surface area contributed by atoms with Gasteiger partial charge in [0, 0.05) is 37.9 Å². The summed E-state index contributed by atoms with van der Waals surface area (Å²) in [7, 11) is 1.94. The smallest absolute Gasteiger partial charge is 0.178 e. The molecule has 0 spiro atoms. The van der Waals surface area contributed by atoms with Crippen molar-refractivity contribution in [2.24, 2.45) is 7.05 Å². The van der Waals surface area contributed by atoms with Gasteiger partial charge in [-0.1, -0.05) is 27.7 Å². The first kappa shape index (κ1) is 23.2. The molecule has 4 rings (SSSR count). The van der Waals surface area contributed by atoms with Crippen LogP contribution in [0.5, 0.6) is 0 Å². The van der Waals surface area contributed by atoms with Gasteiger partial charge in [0.1, 0.15) is 11.5 Å². The molecular weight excluding hydrogens is 372 g/mol. The van der Waals surface area contributed by atoms with Crippen molar-refractivity contribution in [1.29, 1.82) is 0 Å². The van der Waals surface area contributed by atoms with Crippen LogP contribution in [0.25, 0.3) is 11.0 Å². The van der Waals surface area contributed by atoms with Gasteiger partial charge in [0.05, 0.1) is 35.6 Å². The Morgan fingerprint density at radius 1 is 1.14 bits per heavy atom. The Labute approximate surface area is 170 Å². The van der Waals surface area contributed by atoms with Crippen LogP contribution in [0.4, 0.5) is 0 Å². The summed E-state index contributed by atoms with van der Waals surface area (Å²) in [6.45, 7) is 10.1. The van der Waals surface area contributed by atoms with Gasteiger partial charge in [0.2, 0.25) is 0 Å². The van der Waals surface area contributed by atoms with E-state index in [9.17, 15) is 4.79 Å². The summed E-state index contributed by atoms with van der Waals surface area (Å²) in [5.74, 6) is 0.846. The molecular formula is C20H28N6OS. The third-order valence-electron chi connectivity index (χ3n) is 3.45. The fourth-order valence-corrected chi connectivity index (χ4v) is 2.54. The van der Waals surface area contributed by atoms with E-state index in [-0.39, 0.29) is 5.78 Å². The molecule has 8 heteroatoms. The molecule has 150 valence electrons. The van der Waals surface area contributed by atoms with Crippen molar-refractivity contribution < 1.29 is 4.79 Å². The van der Waals surface area contributed by atoms with Gasteiger partial charge in [-0.3, -0.25) is 14.8 Å². The van der Waals surface area contributed by atoms with Gasteiger partial charge in [-0.05, 0) is 6.07 Å². The molecule has 0 atom stereocenters. The zero-order chi connectivity index (χ0) is 20.9. The zero-order valence-corrected chi connectivity index (χ0v) is 18.1. The van der Waals surface area contributed by atoms with Crippen molar-refractivity contribution in [3.63, 3.8) is 0 Å². The van der Waals surface area contributed by atoms with Crippen LogP contribution in [0.15, 0.2) is 48.1 Å². The number of carbonyl (C=O) groups excluding carboxylic acids is 1. The number of imidazole rings is 2. The monoisotopic (exact) mass is 400 g/mol. The Morgan fingerprint density at radius 2 is 1.89 bits per heavy atom. The van der Waals surface area contributed by atoms with Crippen LogP contribution in [-0.4, -0.2) is 34.9 Å². The van der Waals surface area contributed by atoms with Gasteiger partial charge < -0.3 is 9.13 Å². The second-order valence-corrected chi connectivity index (χ2v) is 5.87. The summed E-state index contributed by atoms with van der Waals surface area (Å²) >= 11 is 1.60. The fraction of sp³-hybridized carbons (Fsp3) is 0.350. The maximum atomic E-state index is 11.3. The predicted molar refractivity (Wildman–Crippen MR) is 115 cm³/mol. The van der Waals surface area contributed by atoms with Gasteiger partial charge in [0.15, 0.2) is 5.78 Å². The molecule has 0 aliphatic heterocycles. The molecule has 28 heavy (non-hydrogen) atoms. The van der Waals surface area contributed by atoms with Crippen LogP contribution >= 0.6 is 11.3 Å². The molecule has 4 aromatic heterocycles. The number of aryl methyl sites for hydroxylation is 1. The summed E-state index contributed by atoms with van der Waals surface area (Å²) < 4.78 is 3.92. The SMILES string of the molecule is CC.CC.CC(=O)c1cc2nc(Cn3ccnc3)n(C)c2cn1.c1cscn1. The topological polar surface area (TPSA) is 78.5 Å². The van der Waals surface area contributed by atoms with Gasteiger partial charge >= 0.3 is 0 Å². The highest BCUT2D eigenvalue weighted by molar-refractivity contribution is 7.07. The van der Waals surface area contributed by atoms with E-state index in [0.717, 1.165) is 16.9 Å². The Bertz CT molecular complexity index is 912. The van der Waals surface area contributed by atoms with Crippen molar-refractivity contribution in [2.45, 2.75) is 41.2 Å². The maximum absolute atomic E-state index is 11.3. The van der Waals surface area contributed by atoms with Crippen LogP contribution in [0.1, 0.15) is 50.9 Å². The van der Waals surface area contributed by atoms with E-state index in [4.69, 9.17) is 0 Å². The molecule has 0 unspecified atom stereocenters. The summed E-state index contributed by atoms with van der Waals surface area (Å²) in [6, 6.07) is 1.73. The van der Waals surface area contributed by atoms with Gasteiger partial charge in [0.25, 0.3) is 0 Å². The van der Waals surface area contributed by atoms with E-state index in [2.05, 4.69) is 19.9 Å². The predicted octanol–water partition coefficient (Wildman–Crippen LogP) is 4.61. The van der Waals surface area contributed by atoms with Crippen LogP contribution in [0, 0.1) is 0 Å². The number of carbonyl (C=O) groups is 1. The molecule has 0 aliphatic rings. The lowest BCUT2D eigenvalue weighted by atomic mass is 10.2. The molecule has 0 aliphatic carbocycles. The van der Waals surface area contributed by atoms with E-state index in [1.165, 1.54) is 6.92 Å². The highest BCUT2D eigenvalue weighted by Gasteiger charge is 2.11. The third-order valence-corrected chi connectivity index (χ3v) is 3.97. The Balaban J connectivity index is 0.000000368. The lowest BCUT2D eigenvalue weighted by Crippen LogP contribution is -2.04. The quantitative estimate of drug-likeness (QED) is 0.469. The molecule has 0 saturated carbocycles. The number of Topliss-reactive ketones (excluding diaryl/α,β-unsaturated/α-hetero) is 1. The molecule has 0 saturated heterocycles. The van der Waals surface area contributed by atoms with E-state index in [1.807, 2.05) is 55.5 Å². The number of thiazole rings is 1. The minimum Gasteiger partial charge on any atom is -0.330 e. The molecule has 4 aromatic rings. The number of hydrogen-bond donors (Lipinski definition) is 0. The Hall–Kier alpha value is -2.87. The lowest BCUT2D eigenvalue weighted by molar-refractivity contribution is 0.101. The van der Waals surface area contributed by atoms with Crippen molar-refractivity contribution >= 4 is 28.2 Å². The van der Waals surface area contributed by atoms with E-state index >= 15 is 0 Å². The van der Waals surface area contributed by atoms with Crippen molar-refractivity contribution in [3.8, 4) is 0 Å². The zero-order valence-electron chi connectivity index (χ0n) is 17.3. The molecule has 0 radical (unpaired) electrons. The molecule has 0 aromatic carbocycles. The van der Waals surface area contributed by atoms with E-state index in [0.29, 0.717) is 12.2 Å². The third kappa shape index (κ3) is 6.38. The highest BCUT2D eigenvalue weighted by Crippen LogP contribution is 2.16. The summed E-state index contributed by atoms with van der Waals surface area (Å²) in [4.78, 5) is 27.8. The van der Waals surface area contributed by atoms with Crippen LogP contribution < -0.4 is 0 Å². The summed E-state index contributed by atoms with van der Waals surface area (Å²) in [5, 5.41) is 1.93. The van der Waals surface area contributed by atoms with Gasteiger partial charge in [-0.2, -0.15) is 0 Å². The van der Waals surface area contributed by atoms with Crippen molar-refractivity contribution in [2.75, 3.05) is 0 Å². The number of fused-ring (bicyclic) bond motifs is 1. The van der Waals surface area contributed by atoms with Crippen LogP contribution in [-0.2, 0) is 13.6 Å². The van der Waals surface area contributed by atoms with Gasteiger partial charge in [-0.15, -0.1) is 11.3 Å². The molecule has 0 bridgehead atoms. The first-order chi connectivity index (χ1) is 13.6. The standard InChI is InChI=1S/C13H13N5O.C3H3NS.2C2H6/c1-9(19)10-5-11-12(6-15-10)17(2)13(16-11)7-18-4-3-14-8-18;1-2-5-3-4-1;2*1-2/h3-6,8H,7H2,1-2H3;1-3H;2*1-2H3. The normalized spacial score (nSPS) is 9.36. The lowest BCUT2D eigenvalue weighted by Gasteiger charge is -2.02. The van der Waals surface area contributed by atoms with Crippen molar-refractivity contribution in [3.05, 3.63) is 59.6 Å². The van der Waals surface area contributed by atoms with E-state index < -0.39 is 0 Å². The van der Waals surface area contributed by atoms with Gasteiger partial charge in [-0.25, -0.2) is 9.97 Å². The number of hydrogen-bond acceptors (Lipinski definition) is 6. The summed E-state index contributed by atoms with van der Waals surface area (Å²) in [6.07, 6.45) is 8.83. The number of pyridine rings is 1. The average Bonchev–Trinajstić information content (AvgIpc) is 3.50. The molecule has 7 nitrogen and oxygen atoms in total. The first-order valence-electron chi connectivity index (χ1n) is 9.25. The average molecular weight is 401 g/mol. The number of rotatable bonds is 3. The number of ketones is 1. The van der Waals surface area contributed by atoms with E-state index in [1.54, 1.807) is 47.8 Å². The van der Waals surface area contributed by atoms with Crippen LogP contribution in [0.3, 0.4) is 0 Å². The van der Waals surface area contributed by atoms with Crippen LogP contribution in [0.2, 0.25) is 0 Å². The Kier molecular flexibility index (Phi) is 10.3. The fourth-order valence-electron chi connectivity index (χ4n) is 2.19. The summed E-state index contributed by atoms with van der Waals surface area (Å²) in [5.41, 5.74) is 3.94. The number of nitrogens with zero attached hydrogens (tertiary/aromatic N) is 6. The molecule has 4 heterocycles. The van der Waals surface area contributed by atoms with Crippen molar-refractivity contribution in [1.82, 2.24) is 29.1 Å². The molecule has 0 N–H and O–H groups in total. The second kappa shape index (κ2) is 12.5.